The van der Waals surface area contributed by atoms with Gasteiger partial charge >= 0.3 is 0 Å². The van der Waals surface area contributed by atoms with Gasteiger partial charge in [0.05, 0.1) is 11.7 Å². The summed E-state index contributed by atoms with van der Waals surface area (Å²) in [5.41, 5.74) is 6.01. The van der Waals surface area contributed by atoms with Crippen molar-refractivity contribution in [2.45, 2.75) is 25.5 Å². The number of nitrogens with zero attached hydrogens (tertiary/aromatic N) is 2. The van der Waals surface area contributed by atoms with E-state index < -0.39 is 5.82 Å². The standard InChI is InChI=1S/C13H18FN3O2/c14-12-9(3-1-5-11(12)13(15)16-19)7-17-6-2-4-10(18)8-17/h1,3,5,10,18-19H,2,4,6-8H2,(H2,15,16). The van der Waals surface area contributed by atoms with Crippen LogP contribution in [-0.2, 0) is 6.54 Å². The fraction of sp³-hybridized carbons (Fsp3) is 0.462. The van der Waals surface area contributed by atoms with Crippen molar-refractivity contribution >= 4 is 5.84 Å². The minimum atomic E-state index is -0.474. The van der Waals surface area contributed by atoms with Gasteiger partial charge in [-0.15, -0.1) is 0 Å². The highest BCUT2D eigenvalue weighted by molar-refractivity contribution is 5.97. The number of oxime groups is 1. The topological polar surface area (TPSA) is 82.1 Å². The quantitative estimate of drug-likeness (QED) is 0.328. The first-order valence-corrected chi connectivity index (χ1v) is 6.27. The van der Waals surface area contributed by atoms with Crippen LogP contribution in [0.15, 0.2) is 23.4 Å². The van der Waals surface area contributed by atoms with Crippen molar-refractivity contribution in [1.82, 2.24) is 4.90 Å². The summed E-state index contributed by atoms with van der Waals surface area (Å²) in [6, 6.07) is 4.82. The highest BCUT2D eigenvalue weighted by Crippen LogP contribution is 2.18. The molecule has 4 N–H and O–H groups in total. The van der Waals surface area contributed by atoms with Crippen LogP contribution in [0.25, 0.3) is 0 Å². The van der Waals surface area contributed by atoms with Gasteiger partial charge in [-0.1, -0.05) is 17.3 Å². The first-order valence-electron chi connectivity index (χ1n) is 6.27. The zero-order valence-corrected chi connectivity index (χ0v) is 10.6. The molecule has 1 fully saturated rings. The molecule has 0 bridgehead atoms. The molecule has 1 aliphatic heterocycles. The van der Waals surface area contributed by atoms with E-state index in [0.29, 0.717) is 18.7 Å². The van der Waals surface area contributed by atoms with Crippen molar-refractivity contribution in [2.75, 3.05) is 13.1 Å². The van der Waals surface area contributed by atoms with E-state index in [2.05, 4.69) is 5.16 Å². The van der Waals surface area contributed by atoms with Gasteiger partial charge in [0.15, 0.2) is 5.84 Å². The summed E-state index contributed by atoms with van der Waals surface area (Å²) in [7, 11) is 0. The molecular weight excluding hydrogens is 249 g/mol. The Morgan fingerprint density at radius 1 is 1.53 bits per heavy atom. The van der Waals surface area contributed by atoms with Gasteiger partial charge in [0.25, 0.3) is 0 Å². The zero-order chi connectivity index (χ0) is 13.8. The minimum Gasteiger partial charge on any atom is -0.409 e. The normalized spacial score (nSPS) is 21.6. The number of aliphatic hydroxyl groups is 1. The molecule has 0 spiro atoms. The van der Waals surface area contributed by atoms with E-state index in [4.69, 9.17) is 10.9 Å². The summed E-state index contributed by atoms with van der Waals surface area (Å²) in [5, 5.41) is 21.0. The van der Waals surface area contributed by atoms with E-state index in [0.717, 1.165) is 19.4 Å². The van der Waals surface area contributed by atoms with Gasteiger partial charge in [0.1, 0.15) is 5.82 Å². The summed E-state index contributed by atoms with van der Waals surface area (Å²) in [6.45, 7) is 1.80. The maximum atomic E-state index is 14.2. The lowest BCUT2D eigenvalue weighted by Crippen LogP contribution is -2.37. The lowest BCUT2D eigenvalue weighted by molar-refractivity contribution is 0.0662. The number of piperidine rings is 1. The van der Waals surface area contributed by atoms with Crippen LogP contribution in [0.5, 0.6) is 0 Å². The van der Waals surface area contributed by atoms with Gasteiger partial charge in [-0.2, -0.15) is 0 Å². The number of aliphatic hydroxyl groups excluding tert-OH is 1. The maximum absolute atomic E-state index is 14.2. The van der Waals surface area contributed by atoms with Crippen LogP contribution in [-0.4, -0.2) is 40.2 Å². The van der Waals surface area contributed by atoms with Crippen LogP contribution in [0.4, 0.5) is 4.39 Å². The number of benzene rings is 1. The lowest BCUT2D eigenvalue weighted by atomic mass is 10.1. The Hall–Kier alpha value is -1.66. The summed E-state index contributed by atoms with van der Waals surface area (Å²) >= 11 is 0. The third-order valence-corrected chi connectivity index (χ3v) is 3.34. The Morgan fingerprint density at radius 2 is 2.32 bits per heavy atom. The molecule has 1 aromatic rings. The molecule has 0 aliphatic carbocycles. The highest BCUT2D eigenvalue weighted by Gasteiger charge is 2.20. The molecule has 1 aromatic carbocycles. The van der Waals surface area contributed by atoms with E-state index in [9.17, 15) is 9.50 Å². The number of hydrogen-bond acceptors (Lipinski definition) is 4. The molecule has 1 atom stereocenters. The fourth-order valence-corrected chi connectivity index (χ4v) is 2.37. The van der Waals surface area contributed by atoms with Gasteiger partial charge in [0, 0.05) is 18.7 Å². The molecule has 1 aliphatic rings. The fourth-order valence-electron chi connectivity index (χ4n) is 2.37. The van der Waals surface area contributed by atoms with Gasteiger partial charge in [0.2, 0.25) is 0 Å². The molecule has 19 heavy (non-hydrogen) atoms. The highest BCUT2D eigenvalue weighted by atomic mass is 19.1. The predicted octanol–water partition coefficient (Wildman–Crippen LogP) is 0.877. The van der Waals surface area contributed by atoms with Gasteiger partial charge in [-0.05, 0) is 25.5 Å². The number of amidine groups is 1. The Bertz CT molecular complexity index is 479. The molecule has 1 saturated heterocycles. The first-order chi connectivity index (χ1) is 9.11. The van der Waals surface area contributed by atoms with E-state index in [-0.39, 0.29) is 17.5 Å². The molecule has 5 nitrogen and oxygen atoms in total. The van der Waals surface area contributed by atoms with E-state index in [1.807, 2.05) is 4.90 Å². The summed E-state index contributed by atoms with van der Waals surface area (Å²) in [5.74, 6) is -0.712. The first kappa shape index (κ1) is 13.8. The number of β-amino-alcohol motifs (C(OH)–C–C–N with tert-alkyl or cyclic N) is 1. The average Bonchev–Trinajstić information content (AvgIpc) is 2.40. The second-order valence-electron chi connectivity index (χ2n) is 4.80. The molecule has 0 saturated carbocycles. The van der Waals surface area contributed by atoms with Crippen LogP contribution in [0, 0.1) is 5.82 Å². The van der Waals surface area contributed by atoms with Crippen LogP contribution in [0.2, 0.25) is 0 Å². The molecule has 1 heterocycles. The number of nitrogens with two attached hydrogens (primary N) is 1. The number of rotatable bonds is 3. The monoisotopic (exact) mass is 267 g/mol. The average molecular weight is 267 g/mol. The minimum absolute atomic E-state index is 0.0950. The number of likely N-dealkylation sites (tertiary alicyclic amines) is 1. The Morgan fingerprint density at radius 3 is 3.00 bits per heavy atom. The lowest BCUT2D eigenvalue weighted by Gasteiger charge is -2.30. The molecule has 2 rings (SSSR count). The van der Waals surface area contributed by atoms with E-state index in [1.54, 1.807) is 12.1 Å². The molecule has 0 radical (unpaired) electrons. The SMILES string of the molecule is N/C(=N/O)c1cccc(CN2CCCC(O)C2)c1F. The third-order valence-electron chi connectivity index (χ3n) is 3.34. The molecular formula is C13H18FN3O2. The van der Waals surface area contributed by atoms with Crippen LogP contribution in [0.1, 0.15) is 24.0 Å². The van der Waals surface area contributed by atoms with Gasteiger partial charge < -0.3 is 16.0 Å². The van der Waals surface area contributed by atoms with Crippen LogP contribution < -0.4 is 5.73 Å². The molecule has 104 valence electrons. The second-order valence-corrected chi connectivity index (χ2v) is 4.80. The van der Waals surface area contributed by atoms with Crippen molar-refractivity contribution in [1.29, 1.82) is 0 Å². The van der Waals surface area contributed by atoms with Crippen molar-refractivity contribution in [3.8, 4) is 0 Å². The Balaban J connectivity index is 2.16. The number of halogens is 1. The molecule has 6 heteroatoms. The van der Waals surface area contributed by atoms with E-state index in [1.165, 1.54) is 6.07 Å². The van der Waals surface area contributed by atoms with Crippen molar-refractivity contribution in [3.63, 3.8) is 0 Å². The summed E-state index contributed by atoms with van der Waals surface area (Å²) < 4.78 is 14.2. The molecule has 1 unspecified atom stereocenters. The number of hydrogen-bond donors (Lipinski definition) is 3. The summed E-state index contributed by atoms with van der Waals surface area (Å²) in [4.78, 5) is 2.00. The van der Waals surface area contributed by atoms with Crippen LogP contribution in [0.3, 0.4) is 0 Å². The second kappa shape index (κ2) is 5.99. The van der Waals surface area contributed by atoms with E-state index >= 15 is 0 Å². The summed E-state index contributed by atoms with van der Waals surface area (Å²) in [6.07, 6.45) is 1.36. The largest absolute Gasteiger partial charge is 0.409 e. The third kappa shape index (κ3) is 3.21. The predicted molar refractivity (Wildman–Crippen MR) is 69.4 cm³/mol. The smallest absolute Gasteiger partial charge is 0.173 e. The van der Waals surface area contributed by atoms with Crippen molar-refractivity contribution in [2.24, 2.45) is 10.9 Å². The van der Waals surface area contributed by atoms with Gasteiger partial charge in [-0.25, -0.2) is 4.39 Å². The van der Waals surface area contributed by atoms with Gasteiger partial charge in [-0.3, -0.25) is 4.90 Å². The van der Waals surface area contributed by atoms with Crippen molar-refractivity contribution in [3.05, 3.63) is 35.1 Å². The zero-order valence-electron chi connectivity index (χ0n) is 10.6. The maximum Gasteiger partial charge on any atom is 0.173 e. The molecule has 0 aromatic heterocycles. The molecule has 0 amide bonds. The Kier molecular flexibility index (Phi) is 4.34. The van der Waals surface area contributed by atoms with Crippen LogP contribution >= 0.6 is 0 Å². The Labute approximate surface area is 111 Å². The van der Waals surface area contributed by atoms with Crippen molar-refractivity contribution < 1.29 is 14.7 Å².